The van der Waals surface area contributed by atoms with E-state index in [-0.39, 0.29) is 0 Å². The Morgan fingerprint density at radius 3 is 2.40 bits per heavy atom. The summed E-state index contributed by atoms with van der Waals surface area (Å²) >= 11 is 2.12. The van der Waals surface area contributed by atoms with Crippen LogP contribution in [0.5, 0.6) is 0 Å². The molecule has 1 radical (unpaired) electrons. The molecule has 0 atom stereocenters. The van der Waals surface area contributed by atoms with Crippen LogP contribution in [0.1, 0.15) is 26.7 Å². The van der Waals surface area contributed by atoms with Gasteiger partial charge in [0.05, 0.1) is 0 Å². The summed E-state index contributed by atoms with van der Waals surface area (Å²) in [6, 6.07) is 0. The minimum atomic E-state index is 0.795. The summed E-state index contributed by atoms with van der Waals surface area (Å²) < 4.78 is 0. The molecule has 1 heterocycles. The number of piperidine rings is 1. The summed E-state index contributed by atoms with van der Waals surface area (Å²) in [5, 5.41) is 6.02. The van der Waals surface area contributed by atoms with Crippen LogP contribution in [-0.2, 0) is 0 Å². The van der Waals surface area contributed by atoms with Crippen LogP contribution in [0.2, 0.25) is 0 Å². The van der Waals surface area contributed by atoms with Gasteiger partial charge in [-0.2, -0.15) is 11.8 Å². The van der Waals surface area contributed by atoms with E-state index in [0.29, 0.717) is 0 Å². The standard InChI is InChI=1S/C8H16NS/c1-7(2)10-8-3-5-9-6-4-8/h7-8H,3-6H2,1-2H3. The Kier molecular flexibility index (Phi) is 3.57. The van der Waals surface area contributed by atoms with E-state index in [9.17, 15) is 0 Å². The average molecular weight is 158 g/mol. The predicted octanol–water partition coefficient (Wildman–Crippen LogP) is 1.89. The van der Waals surface area contributed by atoms with Gasteiger partial charge in [0.1, 0.15) is 0 Å². The first-order chi connectivity index (χ1) is 4.79. The van der Waals surface area contributed by atoms with E-state index < -0.39 is 0 Å². The van der Waals surface area contributed by atoms with Crippen LogP contribution >= 0.6 is 11.8 Å². The molecule has 1 aliphatic heterocycles. The largest absolute Gasteiger partial charge is 0.242 e. The zero-order valence-corrected chi connectivity index (χ0v) is 7.66. The van der Waals surface area contributed by atoms with Crippen molar-refractivity contribution in [2.24, 2.45) is 0 Å². The Bertz CT molecular complexity index is 87.3. The van der Waals surface area contributed by atoms with E-state index in [0.717, 1.165) is 23.6 Å². The third-order valence-corrected chi connectivity index (χ3v) is 3.08. The Morgan fingerprint density at radius 2 is 1.90 bits per heavy atom. The molecule has 1 fully saturated rings. The van der Waals surface area contributed by atoms with Crippen molar-refractivity contribution in [2.75, 3.05) is 13.1 Å². The lowest BCUT2D eigenvalue weighted by Crippen LogP contribution is -2.24. The van der Waals surface area contributed by atoms with Crippen molar-refractivity contribution in [3.8, 4) is 0 Å². The molecule has 0 unspecified atom stereocenters. The van der Waals surface area contributed by atoms with Gasteiger partial charge in [-0.3, -0.25) is 0 Å². The van der Waals surface area contributed by atoms with Crippen LogP contribution in [0, 0.1) is 0 Å². The molecule has 2 heteroatoms. The van der Waals surface area contributed by atoms with E-state index in [2.05, 4.69) is 30.9 Å². The molecule has 0 aromatic rings. The highest BCUT2D eigenvalue weighted by Gasteiger charge is 2.14. The Balaban J connectivity index is 2.13. The fourth-order valence-corrected chi connectivity index (χ4v) is 2.50. The molecule has 0 N–H and O–H groups in total. The van der Waals surface area contributed by atoms with Gasteiger partial charge in [-0.25, -0.2) is 5.32 Å². The lowest BCUT2D eigenvalue weighted by Gasteiger charge is -2.22. The van der Waals surface area contributed by atoms with E-state index >= 15 is 0 Å². The molecule has 1 aliphatic rings. The fourth-order valence-electron chi connectivity index (χ4n) is 1.25. The first-order valence-corrected chi connectivity index (χ1v) is 5.02. The molecule has 10 heavy (non-hydrogen) atoms. The third-order valence-electron chi connectivity index (χ3n) is 1.68. The second-order valence-electron chi connectivity index (χ2n) is 3.06. The van der Waals surface area contributed by atoms with E-state index in [1.807, 2.05) is 0 Å². The summed E-state index contributed by atoms with van der Waals surface area (Å²) in [6.07, 6.45) is 2.62. The van der Waals surface area contributed by atoms with Crippen LogP contribution in [0.4, 0.5) is 0 Å². The lowest BCUT2D eigenvalue weighted by atomic mass is 10.2. The molecule has 0 aromatic heterocycles. The van der Waals surface area contributed by atoms with Gasteiger partial charge in [0.2, 0.25) is 0 Å². The lowest BCUT2D eigenvalue weighted by molar-refractivity contribution is 0.522. The van der Waals surface area contributed by atoms with Gasteiger partial charge in [0.25, 0.3) is 0 Å². The normalized spacial score (nSPS) is 21.9. The summed E-state index contributed by atoms with van der Waals surface area (Å²) in [5.74, 6) is 0. The number of rotatable bonds is 2. The summed E-state index contributed by atoms with van der Waals surface area (Å²) in [4.78, 5) is 0. The van der Waals surface area contributed by atoms with Crippen LogP contribution < -0.4 is 5.32 Å². The molecule has 1 rings (SSSR count). The molecule has 0 amide bonds. The van der Waals surface area contributed by atoms with Gasteiger partial charge in [-0.15, -0.1) is 0 Å². The van der Waals surface area contributed by atoms with Crippen molar-refractivity contribution in [3.63, 3.8) is 0 Å². The Labute approximate surface area is 68.0 Å². The molecular formula is C8H16NS. The average Bonchev–Trinajstić information content (AvgIpc) is 1.88. The summed E-state index contributed by atoms with van der Waals surface area (Å²) in [6.45, 7) is 6.75. The topological polar surface area (TPSA) is 14.1 Å². The van der Waals surface area contributed by atoms with E-state index in [1.54, 1.807) is 0 Å². The maximum atomic E-state index is 4.32. The highest BCUT2D eigenvalue weighted by atomic mass is 32.2. The van der Waals surface area contributed by atoms with Crippen molar-refractivity contribution in [1.29, 1.82) is 0 Å². The number of thioether (sulfide) groups is 1. The molecule has 0 aliphatic carbocycles. The van der Waals surface area contributed by atoms with E-state index in [1.165, 1.54) is 12.8 Å². The molecule has 0 aromatic carbocycles. The van der Waals surface area contributed by atoms with Crippen molar-refractivity contribution in [3.05, 3.63) is 0 Å². The van der Waals surface area contributed by atoms with Gasteiger partial charge in [-0.1, -0.05) is 13.8 Å². The fraction of sp³-hybridized carbons (Fsp3) is 1.00. The van der Waals surface area contributed by atoms with Gasteiger partial charge in [-0.05, 0) is 18.1 Å². The summed E-state index contributed by atoms with van der Waals surface area (Å²) in [7, 11) is 0. The van der Waals surface area contributed by atoms with E-state index in [4.69, 9.17) is 0 Å². The quantitative estimate of drug-likeness (QED) is 0.598. The molecule has 59 valence electrons. The number of nitrogens with zero attached hydrogens (tertiary/aromatic N) is 1. The highest BCUT2D eigenvalue weighted by Crippen LogP contribution is 2.24. The number of hydrogen-bond acceptors (Lipinski definition) is 1. The van der Waals surface area contributed by atoms with Crippen molar-refractivity contribution < 1.29 is 0 Å². The SMILES string of the molecule is CC(C)SC1CC[N]CC1. The first kappa shape index (κ1) is 8.41. The van der Waals surface area contributed by atoms with Crippen LogP contribution in [0.25, 0.3) is 0 Å². The smallest absolute Gasteiger partial charge is 0.0143 e. The zero-order valence-electron chi connectivity index (χ0n) is 6.84. The van der Waals surface area contributed by atoms with Gasteiger partial charge in [0.15, 0.2) is 0 Å². The first-order valence-electron chi connectivity index (χ1n) is 4.08. The second kappa shape index (κ2) is 4.24. The molecular weight excluding hydrogens is 142 g/mol. The van der Waals surface area contributed by atoms with Crippen LogP contribution in [-0.4, -0.2) is 23.6 Å². The van der Waals surface area contributed by atoms with Gasteiger partial charge >= 0.3 is 0 Å². The third kappa shape index (κ3) is 2.93. The highest BCUT2D eigenvalue weighted by molar-refractivity contribution is 8.00. The Hall–Kier alpha value is 0.310. The molecule has 0 spiro atoms. The Morgan fingerprint density at radius 1 is 1.30 bits per heavy atom. The minimum absolute atomic E-state index is 0.795. The van der Waals surface area contributed by atoms with Gasteiger partial charge < -0.3 is 0 Å². The maximum absolute atomic E-state index is 4.32. The van der Waals surface area contributed by atoms with Crippen molar-refractivity contribution in [2.45, 2.75) is 37.2 Å². The van der Waals surface area contributed by atoms with Crippen LogP contribution in [0.15, 0.2) is 0 Å². The van der Waals surface area contributed by atoms with Crippen LogP contribution in [0.3, 0.4) is 0 Å². The summed E-state index contributed by atoms with van der Waals surface area (Å²) in [5.41, 5.74) is 0. The monoisotopic (exact) mass is 158 g/mol. The predicted molar refractivity (Wildman–Crippen MR) is 47.6 cm³/mol. The molecule has 0 saturated carbocycles. The van der Waals surface area contributed by atoms with Gasteiger partial charge in [0, 0.05) is 18.3 Å². The van der Waals surface area contributed by atoms with Crippen molar-refractivity contribution in [1.82, 2.24) is 5.32 Å². The minimum Gasteiger partial charge on any atom is -0.242 e. The maximum Gasteiger partial charge on any atom is 0.0143 e. The second-order valence-corrected chi connectivity index (χ2v) is 4.94. The molecule has 1 nitrogen and oxygen atoms in total. The molecule has 0 bridgehead atoms. The van der Waals surface area contributed by atoms with Crippen molar-refractivity contribution >= 4 is 11.8 Å². The zero-order chi connectivity index (χ0) is 7.40. The molecule has 1 saturated heterocycles. The number of hydrogen-bond donors (Lipinski definition) is 0.